The second-order valence-electron chi connectivity index (χ2n) is 4.68. The molecule has 0 aliphatic rings. The van der Waals surface area contributed by atoms with Gasteiger partial charge in [-0.15, -0.1) is 0 Å². The van der Waals surface area contributed by atoms with Crippen LogP contribution in [-0.4, -0.2) is 14.5 Å². The van der Waals surface area contributed by atoms with Crippen molar-refractivity contribution in [3.05, 3.63) is 22.7 Å². The van der Waals surface area contributed by atoms with Gasteiger partial charge < -0.3 is 5.73 Å². The maximum atomic E-state index is 12.4. The Balaban J connectivity index is 3.01. The number of hydrogen-bond donors (Lipinski definition) is 2. The van der Waals surface area contributed by atoms with Gasteiger partial charge in [0.2, 0.25) is 10.0 Å². The van der Waals surface area contributed by atoms with E-state index in [1.165, 1.54) is 6.07 Å². The van der Waals surface area contributed by atoms with Gasteiger partial charge in [-0.3, -0.25) is 0 Å². The van der Waals surface area contributed by atoms with E-state index >= 15 is 0 Å². The zero-order valence-electron chi connectivity index (χ0n) is 11.5. The van der Waals surface area contributed by atoms with Crippen LogP contribution in [0.3, 0.4) is 0 Å². The van der Waals surface area contributed by atoms with Crippen LogP contribution in [0, 0.1) is 5.92 Å². The van der Waals surface area contributed by atoms with Gasteiger partial charge in [-0.05, 0) is 47.0 Å². The molecule has 0 aromatic heterocycles. The first-order chi connectivity index (χ1) is 8.81. The van der Waals surface area contributed by atoms with Crippen LogP contribution < -0.4 is 10.5 Å². The van der Waals surface area contributed by atoms with E-state index in [4.69, 9.17) is 5.73 Å². The van der Waals surface area contributed by atoms with Crippen LogP contribution >= 0.6 is 15.9 Å². The first kappa shape index (κ1) is 16.5. The third-order valence-electron chi connectivity index (χ3n) is 3.34. The minimum atomic E-state index is -3.55. The van der Waals surface area contributed by atoms with E-state index in [1.807, 2.05) is 6.92 Å². The molecule has 1 aromatic rings. The van der Waals surface area contributed by atoms with Crippen LogP contribution in [0.4, 0.5) is 5.69 Å². The maximum Gasteiger partial charge on any atom is 0.242 e. The van der Waals surface area contributed by atoms with Crippen molar-refractivity contribution in [2.75, 3.05) is 5.73 Å². The van der Waals surface area contributed by atoms with E-state index in [9.17, 15) is 8.42 Å². The third kappa shape index (κ3) is 4.19. The van der Waals surface area contributed by atoms with Crippen LogP contribution in [0.25, 0.3) is 0 Å². The summed E-state index contributed by atoms with van der Waals surface area (Å²) in [4.78, 5) is 0.185. The predicted molar refractivity (Wildman–Crippen MR) is 82.4 cm³/mol. The molecule has 0 radical (unpaired) electrons. The van der Waals surface area contributed by atoms with Gasteiger partial charge in [0.15, 0.2) is 0 Å². The Labute approximate surface area is 124 Å². The molecule has 6 heteroatoms. The maximum absolute atomic E-state index is 12.4. The Kier molecular flexibility index (Phi) is 5.82. The average Bonchev–Trinajstić information content (AvgIpc) is 2.33. The minimum Gasteiger partial charge on any atom is -0.399 e. The Bertz CT molecular complexity index is 527. The van der Waals surface area contributed by atoms with Crippen LogP contribution in [0.5, 0.6) is 0 Å². The minimum absolute atomic E-state index is 0.103. The molecular weight excluding hydrogens is 328 g/mol. The molecule has 1 rings (SSSR count). The summed E-state index contributed by atoms with van der Waals surface area (Å²) >= 11 is 3.25. The van der Waals surface area contributed by atoms with E-state index in [0.717, 1.165) is 12.8 Å². The second kappa shape index (κ2) is 6.72. The molecule has 0 spiro atoms. The summed E-state index contributed by atoms with van der Waals surface area (Å²) in [7, 11) is -3.55. The molecule has 1 aromatic carbocycles. The van der Waals surface area contributed by atoms with Crippen molar-refractivity contribution in [2.45, 2.75) is 44.6 Å². The Hall–Kier alpha value is -0.590. The number of nitrogens with two attached hydrogens (primary N) is 1. The number of sulfonamides is 1. The second-order valence-corrected chi connectivity index (χ2v) is 7.21. The van der Waals surface area contributed by atoms with Crippen molar-refractivity contribution in [1.29, 1.82) is 0 Å². The van der Waals surface area contributed by atoms with Gasteiger partial charge in [-0.25, -0.2) is 13.1 Å². The fourth-order valence-corrected chi connectivity index (χ4v) is 4.44. The van der Waals surface area contributed by atoms with E-state index in [2.05, 4.69) is 34.5 Å². The first-order valence-corrected chi connectivity index (χ1v) is 8.66. The number of nitrogen functional groups attached to an aromatic ring is 1. The smallest absolute Gasteiger partial charge is 0.242 e. The van der Waals surface area contributed by atoms with Gasteiger partial charge >= 0.3 is 0 Å². The Morgan fingerprint density at radius 3 is 2.42 bits per heavy atom. The van der Waals surface area contributed by atoms with Crippen molar-refractivity contribution >= 4 is 31.6 Å². The van der Waals surface area contributed by atoms with Gasteiger partial charge in [0.25, 0.3) is 0 Å². The summed E-state index contributed by atoms with van der Waals surface area (Å²) in [5.41, 5.74) is 6.08. The summed E-state index contributed by atoms with van der Waals surface area (Å²) in [5, 5.41) is 0. The van der Waals surface area contributed by atoms with E-state index in [0.29, 0.717) is 16.1 Å². The zero-order valence-corrected chi connectivity index (χ0v) is 13.9. The van der Waals surface area contributed by atoms with Crippen molar-refractivity contribution < 1.29 is 8.42 Å². The number of halogens is 1. The van der Waals surface area contributed by atoms with Crippen molar-refractivity contribution in [3.8, 4) is 0 Å². The monoisotopic (exact) mass is 348 g/mol. The molecule has 0 fully saturated rings. The van der Waals surface area contributed by atoms with Crippen molar-refractivity contribution in [1.82, 2.24) is 4.72 Å². The fourth-order valence-electron chi connectivity index (χ4n) is 2.13. The summed E-state index contributed by atoms with van der Waals surface area (Å²) in [5.74, 6) is 0.328. The van der Waals surface area contributed by atoms with Gasteiger partial charge in [0.05, 0.1) is 4.90 Å². The summed E-state index contributed by atoms with van der Waals surface area (Å²) < 4.78 is 28.0. The predicted octanol–water partition coefficient (Wildman–Crippen LogP) is 3.13. The lowest BCUT2D eigenvalue weighted by molar-refractivity contribution is 0.390. The molecule has 1 unspecified atom stereocenters. The fraction of sp³-hybridized carbons (Fsp3) is 0.538. The van der Waals surface area contributed by atoms with Crippen molar-refractivity contribution in [3.63, 3.8) is 0 Å². The number of nitrogens with one attached hydrogen (secondary N) is 1. The van der Waals surface area contributed by atoms with Crippen LogP contribution in [-0.2, 0) is 10.0 Å². The van der Waals surface area contributed by atoms with Gasteiger partial charge in [-0.2, -0.15) is 0 Å². The number of rotatable bonds is 6. The van der Waals surface area contributed by atoms with E-state index < -0.39 is 10.0 Å². The molecular formula is C13H21BrN2O2S. The molecule has 3 N–H and O–H groups in total. The molecule has 19 heavy (non-hydrogen) atoms. The topological polar surface area (TPSA) is 72.2 Å². The SMILES string of the molecule is CCC(CC)C(C)NS(=O)(=O)c1cc(N)ccc1Br. The standard InChI is InChI=1S/C13H21BrN2O2S/c1-4-10(5-2)9(3)16-19(17,18)13-8-11(15)6-7-12(13)14/h6-10,16H,4-5,15H2,1-3H3. The molecule has 108 valence electrons. The van der Waals surface area contributed by atoms with Crippen LogP contribution in [0.15, 0.2) is 27.6 Å². The highest BCUT2D eigenvalue weighted by Gasteiger charge is 2.23. The zero-order chi connectivity index (χ0) is 14.6. The molecule has 0 heterocycles. The molecule has 0 amide bonds. The third-order valence-corrected chi connectivity index (χ3v) is 5.89. The van der Waals surface area contributed by atoms with Crippen LogP contribution in [0.1, 0.15) is 33.6 Å². The molecule has 0 saturated heterocycles. The number of hydrogen-bond acceptors (Lipinski definition) is 3. The normalized spacial score (nSPS) is 13.7. The van der Waals surface area contributed by atoms with Gasteiger partial charge in [-0.1, -0.05) is 26.7 Å². The number of benzene rings is 1. The van der Waals surface area contributed by atoms with Gasteiger partial charge in [0.1, 0.15) is 0 Å². The molecule has 1 atom stereocenters. The molecule has 0 aliphatic heterocycles. The number of anilines is 1. The van der Waals surface area contributed by atoms with E-state index in [-0.39, 0.29) is 10.9 Å². The average molecular weight is 349 g/mol. The lowest BCUT2D eigenvalue weighted by Crippen LogP contribution is -2.37. The van der Waals surface area contributed by atoms with Gasteiger partial charge in [0, 0.05) is 16.2 Å². The summed E-state index contributed by atoms with van der Waals surface area (Å²) in [6, 6.07) is 4.67. The molecule has 0 bridgehead atoms. The Morgan fingerprint density at radius 1 is 1.32 bits per heavy atom. The lowest BCUT2D eigenvalue weighted by atomic mass is 9.96. The largest absolute Gasteiger partial charge is 0.399 e. The molecule has 4 nitrogen and oxygen atoms in total. The molecule has 0 aliphatic carbocycles. The van der Waals surface area contributed by atoms with Crippen molar-refractivity contribution in [2.24, 2.45) is 5.92 Å². The van der Waals surface area contributed by atoms with Crippen LogP contribution in [0.2, 0.25) is 0 Å². The summed E-state index contributed by atoms with van der Waals surface area (Å²) in [6.07, 6.45) is 1.89. The lowest BCUT2D eigenvalue weighted by Gasteiger charge is -2.22. The highest BCUT2D eigenvalue weighted by atomic mass is 79.9. The van der Waals surface area contributed by atoms with E-state index in [1.54, 1.807) is 12.1 Å². The molecule has 0 saturated carbocycles. The highest BCUT2D eigenvalue weighted by molar-refractivity contribution is 9.10. The first-order valence-electron chi connectivity index (χ1n) is 6.39. The highest BCUT2D eigenvalue weighted by Crippen LogP contribution is 2.25. The quantitative estimate of drug-likeness (QED) is 0.775. The summed E-state index contributed by atoms with van der Waals surface area (Å²) in [6.45, 7) is 6.03. The Morgan fingerprint density at radius 2 is 1.89 bits per heavy atom.